The summed E-state index contributed by atoms with van der Waals surface area (Å²) in [6.07, 6.45) is 0.417. The van der Waals surface area contributed by atoms with Crippen LogP contribution in [0.4, 0.5) is 5.69 Å². The van der Waals surface area contributed by atoms with E-state index in [0.717, 1.165) is 24.1 Å². The first-order valence-electron chi connectivity index (χ1n) is 6.41. The Kier molecular flexibility index (Phi) is 4.82. The third-order valence-electron chi connectivity index (χ3n) is 3.42. The van der Waals surface area contributed by atoms with Gasteiger partial charge in [-0.15, -0.1) is 0 Å². The molecule has 1 aliphatic heterocycles. The number of benzene rings is 1. The highest BCUT2D eigenvalue weighted by Crippen LogP contribution is 2.24. The van der Waals surface area contributed by atoms with Crippen LogP contribution in [0.1, 0.15) is 12.0 Å². The molecule has 1 fully saturated rings. The van der Waals surface area contributed by atoms with Gasteiger partial charge < -0.3 is 15.0 Å². The molecule has 1 aromatic carbocycles. The maximum Gasteiger partial charge on any atom is 0.307 e. The van der Waals surface area contributed by atoms with Gasteiger partial charge in [0, 0.05) is 35.8 Å². The van der Waals surface area contributed by atoms with Gasteiger partial charge in [0.25, 0.3) is 0 Å². The molecule has 1 aromatic rings. The van der Waals surface area contributed by atoms with Gasteiger partial charge in [-0.2, -0.15) is 0 Å². The number of aryl methyl sites for hydroxylation is 1. The minimum atomic E-state index is -0.163. The SMILES string of the molecule is COC(=O)CC1CN(c2ccc(C)c(Br)c2)CCN1. The number of hydrogen-bond acceptors (Lipinski definition) is 4. The number of ether oxygens (including phenoxy) is 1. The second-order valence-electron chi connectivity index (χ2n) is 4.81. The molecule has 0 amide bonds. The molecule has 1 atom stereocenters. The molecule has 1 heterocycles. The van der Waals surface area contributed by atoms with Crippen LogP contribution in [0.2, 0.25) is 0 Å². The largest absolute Gasteiger partial charge is 0.469 e. The fourth-order valence-corrected chi connectivity index (χ4v) is 2.63. The van der Waals surface area contributed by atoms with Crippen molar-refractivity contribution in [1.29, 1.82) is 0 Å². The van der Waals surface area contributed by atoms with E-state index < -0.39 is 0 Å². The molecular formula is C14H19BrN2O2. The van der Waals surface area contributed by atoms with Gasteiger partial charge >= 0.3 is 5.97 Å². The standard InChI is InChI=1S/C14H19BrN2O2/c1-10-3-4-12(8-13(10)15)17-6-5-16-11(9-17)7-14(18)19-2/h3-4,8,11,16H,5-7,9H2,1-2H3. The van der Waals surface area contributed by atoms with Crippen LogP contribution in [0, 0.1) is 6.92 Å². The van der Waals surface area contributed by atoms with E-state index in [0.29, 0.717) is 6.42 Å². The van der Waals surface area contributed by atoms with Crippen molar-refractivity contribution in [3.05, 3.63) is 28.2 Å². The summed E-state index contributed by atoms with van der Waals surface area (Å²) < 4.78 is 5.84. The smallest absolute Gasteiger partial charge is 0.307 e. The summed E-state index contributed by atoms with van der Waals surface area (Å²) in [6, 6.07) is 6.52. The number of halogens is 1. The predicted octanol–water partition coefficient (Wildman–Crippen LogP) is 2.10. The Morgan fingerprint density at radius 1 is 1.58 bits per heavy atom. The number of carbonyl (C=O) groups excluding carboxylic acids is 1. The lowest BCUT2D eigenvalue weighted by Crippen LogP contribution is -2.51. The Morgan fingerprint density at radius 2 is 2.37 bits per heavy atom. The molecule has 0 radical (unpaired) electrons. The summed E-state index contributed by atoms with van der Waals surface area (Å²) in [5, 5.41) is 3.36. The van der Waals surface area contributed by atoms with Gasteiger partial charge in [-0.3, -0.25) is 4.79 Å². The molecule has 0 spiro atoms. The van der Waals surface area contributed by atoms with Crippen molar-refractivity contribution in [2.45, 2.75) is 19.4 Å². The van der Waals surface area contributed by atoms with Crippen molar-refractivity contribution in [3.8, 4) is 0 Å². The second-order valence-corrected chi connectivity index (χ2v) is 5.67. The zero-order chi connectivity index (χ0) is 13.8. The summed E-state index contributed by atoms with van der Waals surface area (Å²) in [5.41, 5.74) is 2.42. The van der Waals surface area contributed by atoms with Crippen molar-refractivity contribution >= 4 is 27.6 Å². The molecule has 4 nitrogen and oxygen atoms in total. The van der Waals surface area contributed by atoms with Gasteiger partial charge in [-0.1, -0.05) is 22.0 Å². The van der Waals surface area contributed by atoms with Crippen molar-refractivity contribution in [1.82, 2.24) is 5.32 Å². The van der Waals surface area contributed by atoms with E-state index in [1.165, 1.54) is 18.4 Å². The second kappa shape index (κ2) is 6.39. The highest BCUT2D eigenvalue weighted by molar-refractivity contribution is 9.10. The van der Waals surface area contributed by atoms with Gasteiger partial charge in [0.05, 0.1) is 13.5 Å². The zero-order valence-electron chi connectivity index (χ0n) is 11.3. The molecular weight excluding hydrogens is 308 g/mol. The fraction of sp³-hybridized carbons (Fsp3) is 0.500. The molecule has 1 N–H and O–H groups in total. The molecule has 104 valence electrons. The average Bonchev–Trinajstić information content (AvgIpc) is 2.42. The molecule has 2 rings (SSSR count). The Morgan fingerprint density at radius 3 is 3.05 bits per heavy atom. The third kappa shape index (κ3) is 3.70. The number of esters is 1. The first kappa shape index (κ1) is 14.3. The monoisotopic (exact) mass is 326 g/mol. The van der Waals surface area contributed by atoms with E-state index in [2.05, 4.69) is 51.3 Å². The zero-order valence-corrected chi connectivity index (χ0v) is 12.9. The molecule has 0 aromatic heterocycles. The van der Waals surface area contributed by atoms with Gasteiger partial charge in [-0.05, 0) is 24.6 Å². The average molecular weight is 327 g/mol. The van der Waals surface area contributed by atoms with Gasteiger partial charge in [-0.25, -0.2) is 0 Å². The lowest BCUT2D eigenvalue weighted by molar-refractivity contribution is -0.141. The summed E-state index contributed by atoms with van der Waals surface area (Å²) in [7, 11) is 1.43. The van der Waals surface area contributed by atoms with Gasteiger partial charge in [0.1, 0.15) is 0 Å². The molecule has 0 saturated carbocycles. The van der Waals surface area contributed by atoms with E-state index in [9.17, 15) is 4.79 Å². The van der Waals surface area contributed by atoms with Crippen molar-refractivity contribution in [2.24, 2.45) is 0 Å². The number of carbonyl (C=O) groups is 1. The number of anilines is 1. The van der Waals surface area contributed by atoms with E-state index in [4.69, 9.17) is 4.74 Å². The van der Waals surface area contributed by atoms with Crippen LogP contribution in [0.15, 0.2) is 22.7 Å². The van der Waals surface area contributed by atoms with E-state index in [-0.39, 0.29) is 12.0 Å². The molecule has 0 aliphatic carbocycles. The normalized spacial score (nSPS) is 19.3. The Labute approximate surface area is 122 Å². The third-order valence-corrected chi connectivity index (χ3v) is 4.27. The summed E-state index contributed by atoms with van der Waals surface area (Å²) >= 11 is 3.56. The lowest BCUT2D eigenvalue weighted by Gasteiger charge is -2.35. The van der Waals surface area contributed by atoms with Crippen LogP contribution < -0.4 is 10.2 Å². The Hall–Kier alpha value is -1.07. The topological polar surface area (TPSA) is 41.6 Å². The number of piperazine rings is 1. The number of methoxy groups -OCH3 is 1. The van der Waals surface area contributed by atoms with E-state index >= 15 is 0 Å². The minimum absolute atomic E-state index is 0.154. The number of nitrogens with zero attached hydrogens (tertiary/aromatic N) is 1. The lowest BCUT2D eigenvalue weighted by atomic mass is 10.1. The molecule has 5 heteroatoms. The fourth-order valence-electron chi connectivity index (χ4n) is 2.26. The molecule has 1 saturated heterocycles. The van der Waals surface area contributed by atoms with Crippen molar-refractivity contribution < 1.29 is 9.53 Å². The first-order valence-corrected chi connectivity index (χ1v) is 7.20. The molecule has 0 bridgehead atoms. The number of hydrogen-bond donors (Lipinski definition) is 1. The highest BCUT2D eigenvalue weighted by atomic mass is 79.9. The minimum Gasteiger partial charge on any atom is -0.469 e. The maximum atomic E-state index is 11.3. The van der Waals surface area contributed by atoms with Crippen LogP contribution in [-0.2, 0) is 9.53 Å². The van der Waals surface area contributed by atoms with Crippen molar-refractivity contribution in [2.75, 3.05) is 31.6 Å². The van der Waals surface area contributed by atoms with Crippen LogP contribution >= 0.6 is 15.9 Å². The quantitative estimate of drug-likeness (QED) is 0.864. The molecule has 1 unspecified atom stereocenters. The molecule has 1 aliphatic rings. The van der Waals surface area contributed by atoms with Crippen LogP contribution in [0.3, 0.4) is 0 Å². The van der Waals surface area contributed by atoms with Crippen LogP contribution in [0.5, 0.6) is 0 Å². The number of nitrogens with one attached hydrogen (secondary N) is 1. The highest BCUT2D eigenvalue weighted by Gasteiger charge is 2.22. The predicted molar refractivity (Wildman–Crippen MR) is 79.5 cm³/mol. The Balaban J connectivity index is 2.04. The summed E-state index contributed by atoms with van der Waals surface area (Å²) in [5.74, 6) is -0.163. The van der Waals surface area contributed by atoms with Crippen LogP contribution in [-0.4, -0.2) is 38.8 Å². The van der Waals surface area contributed by atoms with E-state index in [1.54, 1.807) is 0 Å². The number of rotatable bonds is 3. The maximum absolute atomic E-state index is 11.3. The summed E-state index contributed by atoms with van der Waals surface area (Å²) in [6.45, 7) is 4.73. The molecule has 19 heavy (non-hydrogen) atoms. The first-order chi connectivity index (χ1) is 9.10. The van der Waals surface area contributed by atoms with Gasteiger partial charge in [0.2, 0.25) is 0 Å². The van der Waals surface area contributed by atoms with Crippen LogP contribution in [0.25, 0.3) is 0 Å². The van der Waals surface area contributed by atoms with Crippen molar-refractivity contribution in [3.63, 3.8) is 0 Å². The summed E-state index contributed by atoms with van der Waals surface area (Å²) in [4.78, 5) is 13.6. The van der Waals surface area contributed by atoms with E-state index in [1.807, 2.05) is 0 Å². The Bertz CT molecular complexity index is 465. The van der Waals surface area contributed by atoms with Gasteiger partial charge in [0.15, 0.2) is 0 Å².